The molecule has 0 heterocycles. The molecule has 21 heavy (non-hydrogen) atoms. The molecule has 3 nitrogen and oxygen atoms in total. The predicted molar refractivity (Wildman–Crippen MR) is 87.2 cm³/mol. The van der Waals surface area contributed by atoms with Gasteiger partial charge in [-0.3, -0.25) is 9.59 Å². The van der Waals surface area contributed by atoms with Crippen LogP contribution in [0.2, 0.25) is 0 Å². The minimum Gasteiger partial charge on any atom is -0.353 e. The normalized spacial score (nSPS) is 16.1. The van der Waals surface area contributed by atoms with Gasteiger partial charge in [0.25, 0.3) is 0 Å². The summed E-state index contributed by atoms with van der Waals surface area (Å²) in [6.07, 6.45) is 15.1. The van der Waals surface area contributed by atoms with Crippen molar-refractivity contribution in [2.24, 2.45) is 0 Å². The Kier molecular flexibility index (Phi) is 10.2. The third-order valence-corrected chi connectivity index (χ3v) is 4.42. The standard InChI is InChI=1S/C18H33NO2/c1-2-3-4-5-6-7-8-9-10-11-18(21)19-16-12-14-17(20)15-13-16/h16H,2-15H2,1H3,(H,19,21). The van der Waals surface area contributed by atoms with Crippen molar-refractivity contribution in [2.45, 2.75) is 103 Å². The molecule has 1 N–H and O–H groups in total. The van der Waals surface area contributed by atoms with Gasteiger partial charge in [0, 0.05) is 25.3 Å². The second-order valence-electron chi connectivity index (χ2n) is 6.46. The maximum Gasteiger partial charge on any atom is 0.220 e. The Morgan fingerprint density at radius 1 is 0.952 bits per heavy atom. The van der Waals surface area contributed by atoms with Crippen LogP contribution in [0.25, 0.3) is 0 Å². The fourth-order valence-electron chi connectivity index (χ4n) is 2.98. The molecule has 0 aromatic carbocycles. The van der Waals surface area contributed by atoms with E-state index >= 15 is 0 Å². The smallest absolute Gasteiger partial charge is 0.220 e. The Bertz CT molecular complexity index is 292. The van der Waals surface area contributed by atoms with Crippen molar-refractivity contribution in [3.8, 4) is 0 Å². The zero-order valence-corrected chi connectivity index (χ0v) is 13.8. The van der Waals surface area contributed by atoms with E-state index < -0.39 is 0 Å². The molecule has 3 heteroatoms. The highest BCUT2D eigenvalue weighted by atomic mass is 16.1. The number of unbranched alkanes of at least 4 members (excludes halogenated alkanes) is 8. The van der Waals surface area contributed by atoms with Crippen molar-refractivity contribution >= 4 is 11.7 Å². The lowest BCUT2D eigenvalue weighted by molar-refractivity contribution is -0.124. The summed E-state index contributed by atoms with van der Waals surface area (Å²) in [6, 6.07) is 0.244. The summed E-state index contributed by atoms with van der Waals surface area (Å²) in [5, 5.41) is 3.07. The summed E-state index contributed by atoms with van der Waals surface area (Å²) >= 11 is 0. The Balaban J connectivity index is 1.88. The molecule has 0 unspecified atom stereocenters. The van der Waals surface area contributed by atoms with Gasteiger partial charge in [0.05, 0.1) is 0 Å². The third kappa shape index (κ3) is 9.65. The molecule has 0 bridgehead atoms. The van der Waals surface area contributed by atoms with Gasteiger partial charge in [-0.25, -0.2) is 0 Å². The number of amides is 1. The first kappa shape index (κ1) is 18.2. The van der Waals surface area contributed by atoms with Crippen molar-refractivity contribution in [3.05, 3.63) is 0 Å². The van der Waals surface area contributed by atoms with Crippen molar-refractivity contribution in [1.82, 2.24) is 5.32 Å². The van der Waals surface area contributed by atoms with Crippen molar-refractivity contribution in [3.63, 3.8) is 0 Å². The lowest BCUT2D eigenvalue weighted by Crippen LogP contribution is -2.37. The topological polar surface area (TPSA) is 46.2 Å². The van der Waals surface area contributed by atoms with Crippen LogP contribution >= 0.6 is 0 Å². The quantitative estimate of drug-likeness (QED) is 0.569. The van der Waals surface area contributed by atoms with E-state index in [0.29, 0.717) is 25.0 Å². The van der Waals surface area contributed by atoms with E-state index in [-0.39, 0.29) is 11.9 Å². The van der Waals surface area contributed by atoms with E-state index in [1.807, 2.05) is 0 Å². The van der Waals surface area contributed by atoms with Gasteiger partial charge >= 0.3 is 0 Å². The first-order valence-corrected chi connectivity index (χ1v) is 9.03. The number of hydrogen-bond donors (Lipinski definition) is 1. The van der Waals surface area contributed by atoms with Gasteiger partial charge < -0.3 is 5.32 Å². The largest absolute Gasteiger partial charge is 0.353 e. The molecular formula is C18H33NO2. The van der Waals surface area contributed by atoms with Crippen LogP contribution in [0.1, 0.15) is 96.8 Å². The Hall–Kier alpha value is -0.860. The molecule has 0 spiro atoms. The van der Waals surface area contributed by atoms with Gasteiger partial charge in [-0.05, 0) is 19.3 Å². The lowest BCUT2D eigenvalue weighted by Gasteiger charge is -2.22. The number of ketones is 1. The van der Waals surface area contributed by atoms with Gasteiger partial charge in [0.2, 0.25) is 5.91 Å². The Morgan fingerprint density at radius 2 is 1.48 bits per heavy atom. The summed E-state index contributed by atoms with van der Waals surface area (Å²) in [5.74, 6) is 0.525. The Labute approximate surface area is 130 Å². The number of Topliss-reactive ketones (excluding diaryl/α,β-unsaturated/α-hetero) is 1. The fraction of sp³-hybridized carbons (Fsp3) is 0.889. The zero-order valence-electron chi connectivity index (χ0n) is 13.8. The van der Waals surface area contributed by atoms with E-state index in [1.54, 1.807) is 0 Å². The van der Waals surface area contributed by atoms with E-state index in [9.17, 15) is 9.59 Å². The van der Waals surface area contributed by atoms with E-state index in [1.165, 1.54) is 51.4 Å². The van der Waals surface area contributed by atoms with E-state index in [0.717, 1.165) is 19.3 Å². The molecule has 0 aliphatic heterocycles. The van der Waals surface area contributed by atoms with Crippen LogP contribution in [-0.4, -0.2) is 17.7 Å². The number of hydrogen-bond acceptors (Lipinski definition) is 2. The van der Waals surface area contributed by atoms with Crippen LogP contribution in [0, 0.1) is 0 Å². The van der Waals surface area contributed by atoms with Gasteiger partial charge in [-0.2, -0.15) is 0 Å². The number of rotatable bonds is 11. The SMILES string of the molecule is CCCCCCCCCCCC(=O)NC1CCC(=O)CC1. The molecule has 0 aromatic heterocycles. The van der Waals surface area contributed by atoms with E-state index in [2.05, 4.69) is 12.2 Å². The molecule has 122 valence electrons. The molecule has 0 atom stereocenters. The average molecular weight is 295 g/mol. The van der Waals surface area contributed by atoms with Gasteiger partial charge in [-0.1, -0.05) is 58.3 Å². The number of nitrogens with one attached hydrogen (secondary N) is 1. The number of carbonyl (C=O) groups excluding carboxylic acids is 2. The van der Waals surface area contributed by atoms with Crippen LogP contribution in [0.5, 0.6) is 0 Å². The van der Waals surface area contributed by atoms with Crippen LogP contribution in [0.4, 0.5) is 0 Å². The Morgan fingerprint density at radius 3 is 2.05 bits per heavy atom. The van der Waals surface area contributed by atoms with Crippen molar-refractivity contribution < 1.29 is 9.59 Å². The summed E-state index contributed by atoms with van der Waals surface area (Å²) in [4.78, 5) is 22.9. The highest BCUT2D eigenvalue weighted by Gasteiger charge is 2.19. The molecule has 0 aromatic rings. The molecule has 1 fully saturated rings. The maximum atomic E-state index is 11.8. The highest BCUT2D eigenvalue weighted by molar-refractivity contribution is 5.80. The lowest BCUT2D eigenvalue weighted by atomic mass is 9.94. The van der Waals surface area contributed by atoms with Crippen LogP contribution in [-0.2, 0) is 9.59 Å². The minimum atomic E-state index is 0.178. The summed E-state index contributed by atoms with van der Waals surface area (Å²) in [7, 11) is 0. The maximum absolute atomic E-state index is 11.8. The molecule has 1 rings (SSSR count). The monoisotopic (exact) mass is 295 g/mol. The van der Waals surface area contributed by atoms with Crippen LogP contribution < -0.4 is 5.32 Å². The molecule has 1 aliphatic rings. The number of carbonyl (C=O) groups is 2. The second-order valence-corrected chi connectivity index (χ2v) is 6.46. The second kappa shape index (κ2) is 11.8. The first-order valence-electron chi connectivity index (χ1n) is 9.03. The molecule has 0 saturated heterocycles. The molecule has 1 saturated carbocycles. The summed E-state index contributed by atoms with van der Waals surface area (Å²) in [6.45, 7) is 2.25. The molecule has 1 amide bonds. The predicted octanol–water partition coefficient (Wildman–Crippen LogP) is 4.54. The third-order valence-electron chi connectivity index (χ3n) is 4.42. The van der Waals surface area contributed by atoms with Crippen molar-refractivity contribution in [1.29, 1.82) is 0 Å². The molecule has 0 radical (unpaired) electrons. The highest BCUT2D eigenvalue weighted by Crippen LogP contribution is 2.15. The van der Waals surface area contributed by atoms with Gasteiger partial charge in [0.15, 0.2) is 0 Å². The van der Waals surface area contributed by atoms with Crippen LogP contribution in [0.3, 0.4) is 0 Å². The fourth-order valence-corrected chi connectivity index (χ4v) is 2.98. The minimum absolute atomic E-state index is 0.178. The first-order chi connectivity index (χ1) is 10.2. The van der Waals surface area contributed by atoms with Crippen LogP contribution in [0.15, 0.2) is 0 Å². The summed E-state index contributed by atoms with van der Waals surface area (Å²) in [5.41, 5.74) is 0. The average Bonchev–Trinajstić information content (AvgIpc) is 2.48. The van der Waals surface area contributed by atoms with Crippen molar-refractivity contribution in [2.75, 3.05) is 0 Å². The molecule has 1 aliphatic carbocycles. The summed E-state index contributed by atoms with van der Waals surface area (Å²) < 4.78 is 0. The van der Waals surface area contributed by atoms with E-state index in [4.69, 9.17) is 0 Å². The zero-order chi connectivity index (χ0) is 15.3. The van der Waals surface area contributed by atoms with Gasteiger partial charge in [-0.15, -0.1) is 0 Å². The van der Waals surface area contributed by atoms with Gasteiger partial charge in [0.1, 0.15) is 5.78 Å². The molecular weight excluding hydrogens is 262 g/mol.